The summed E-state index contributed by atoms with van der Waals surface area (Å²) in [5.74, 6) is 0.0508. The minimum absolute atomic E-state index is 0.0508. The van der Waals surface area contributed by atoms with Crippen LogP contribution in [-0.2, 0) is 11.3 Å². The zero-order valence-electron chi connectivity index (χ0n) is 13.9. The molecule has 1 aliphatic rings. The first kappa shape index (κ1) is 18.1. The van der Waals surface area contributed by atoms with E-state index in [2.05, 4.69) is 15.1 Å². The maximum absolute atomic E-state index is 12.1. The summed E-state index contributed by atoms with van der Waals surface area (Å²) in [7, 11) is 0. The molecule has 4 nitrogen and oxygen atoms in total. The molecule has 25 heavy (non-hydrogen) atoms. The number of piperazine rings is 1. The van der Waals surface area contributed by atoms with Gasteiger partial charge >= 0.3 is 0 Å². The maximum Gasteiger partial charge on any atom is 0.234 e. The summed E-state index contributed by atoms with van der Waals surface area (Å²) < 4.78 is 0. The highest BCUT2D eigenvalue weighted by molar-refractivity contribution is 6.30. The fourth-order valence-corrected chi connectivity index (χ4v) is 3.13. The average Bonchev–Trinajstić information content (AvgIpc) is 2.63. The SMILES string of the molecule is O=C(CN1CCN(c2ccc(Cl)cc2)CC1)NCc1ccc(Cl)cc1. The van der Waals surface area contributed by atoms with Crippen molar-refractivity contribution in [3.8, 4) is 0 Å². The summed E-state index contributed by atoms with van der Waals surface area (Å²) >= 11 is 11.8. The molecule has 6 heteroatoms. The first-order valence-corrected chi connectivity index (χ1v) is 9.10. The zero-order chi connectivity index (χ0) is 17.6. The molecule has 0 bridgehead atoms. The summed E-state index contributed by atoms with van der Waals surface area (Å²) in [5.41, 5.74) is 2.22. The number of hydrogen-bond donors (Lipinski definition) is 1. The second kappa shape index (κ2) is 8.56. The monoisotopic (exact) mass is 377 g/mol. The van der Waals surface area contributed by atoms with Crippen LogP contribution in [0.1, 0.15) is 5.56 Å². The van der Waals surface area contributed by atoms with E-state index in [9.17, 15) is 4.79 Å². The molecule has 2 aromatic carbocycles. The van der Waals surface area contributed by atoms with Crippen LogP contribution in [0, 0.1) is 0 Å². The van der Waals surface area contributed by atoms with Crippen molar-refractivity contribution in [2.24, 2.45) is 0 Å². The Morgan fingerprint density at radius 3 is 2.04 bits per heavy atom. The number of anilines is 1. The zero-order valence-corrected chi connectivity index (χ0v) is 15.4. The van der Waals surface area contributed by atoms with E-state index in [-0.39, 0.29) is 5.91 Å². The number of halogens is 2. The Kier molecular flexibility index (Phi) is 6.19. The van der Waals surface area contributed by atoms with E-state index in [0.717, 1.165) is 36.8 Å². The van der Waals surface area contributed by atoms with Gasteiger partial charge in [-0.2, -0.15) is 0 Å². The molecule has 1 amide bonds. The average molecular weight is 378 g/mol. The van der Waals surface area contributed by atoms with Crippen LogP contribution in [-0.4, -0.2) is 43.5 Å². The van der Waals surface area contributed by atoms with E-state index in [1.807, 2.05) is 48.5 Å². The molecule has 0 unspecified atom stereocenters. The van der Waals surface area contributed by atoms with Crippen LogP contribution in [0.3, 0.4) is 0 Å². The smallest absolute Gasteiger partial charge is 0.234 e. The molecule has 1 N–H and O–H groups in total. The van der Waals surface area contributed by atoms with Crippen LogP contribution in [0.15, 0.2) is 48.5 Å². The first-order valence-electron chi connectivity index (χ1n) is 8.34. The molecule has 3 rings (SSSR count). The fraction of sp³-hybridized carbons (Fsp3) is 0.316. The second-order valence-corrected chi connectivity index (χ2v) is 7.02. The van der Waals surface area contributed by atoms with Gasteiger partial charge in [-0.3, -0.25) is 9.69 Å². The molecule has 2 aromatic rings. The van der Waals surface area contributed by atoms with Gasteiger partial charge in [0.05, 0.1) is 6.54 Å². The Balaban J connectivity index is 1.41. The van der Waals surface area contributed by atoms with E-state index >= 15 is 0 Å². The molecule has 0 aromatic heterocycles. The number of nitrogens with one attached hydrogen (secondary N) is 1. The highest BCUT2D eigenvalue weighted by Crippen LogP contribution is 2.19. The van der Waals surface area contributed by atoms with Crippen molar-refractivity contribution in [1.82, 2.24) is 10.2 Å². The summed E-state index contributed by atoms with van der Waals surface area (Å²) in [6, 6.07) is 15.4. The predicted molar refractivity (Wildman–Crippen MR) is 103 cm³/mol. The Bertz CT molecular complexity index is 696. The van der Waals surface area contributed by atoms with Crippen molar-refractivity contribution in [3.63, 3.8) is 0 Å². The quantitative estimate of drug-likeness (QED) is 0.866. The van der Waals surface area contributed by atoms with Gasteiger partial charge in [-0.15, -0.1) is 0 Å². The van der Waals surface area contributed by atoms with Crippen LogP contribution in [0.2, 0.25) is 10.0 Å². The predicted octanol–water partition coefficient (Wildman–Crippen LogP) is 3.43. The van der Waals surface area contributed by atoms with Crippen molar-refractivity contribution in [3.05, 3.63) is 64.1 Å². The first-order chi connectivity index (χ1) is 12.1. The van der Waals surface area contributed by atoms with Gasteiger partial charge in [-0.1, -0.05) is 35.3 Å². The van der Waals surface area contributed by atoms with Crippen LogP contribution in [0.25, 0.3) is 0 Å². The van der Waals surface area contributed by atoms with E-state index in [4.69, 9.17) is 23.2 Å². The molecule has 1 aliphatic heterocycles. The van der Waals surface area contributed by atoms with Gasteiger partial charge in [0, 0.05) is 48.5 Å². The van der Waals surface area contributed by atoms with Crippen molar-refractivity contribution < 1.29 is 4.79 Å². The summed E-state index contributed by atoms with van der Waals surface area (Å²) in [4.78, 5) is 16.6. The van der Waals surface area contributed by atoms with Gasteiger partial charge in [0.1, 0.15) is 0 Å². The Hall–Kier alpha value is -1.75. The fourth-order valence-electron chi connectivity index (χ4n) is 2.88. The molecule has 1 fully saturated rings. The van der Waals surface area contributed by atoms with Gasteiger partial charge in [-0.05, 0) is 42.0 Å². The van der Waals surface area contributed by atoms with E-state index in [1.165, 1.54) is 5.69 Å². The summed E-state index contributed by atoms with van der Waals surface area (Å²) in [5, 5.41) is 4.42. The molecule has 1 heterocycles. The number of hydrogen-bond acceptors (Lipinski definition) is 3. The third kappa shape index (κ3) is 5.36. The number of carbonyl (C=O) groups is 1. The van der Waals surface area contributed by atoms with Crippen molar-refractivity contribution >= 4 is 34.8 Å². The lowest BCUT2D eigenvalue weighted by Crippen LogP contribution is -2.49. The van der Waals surface area contributed by atoms with Gasteiger partial charge in [0.2, 0.25) is 5.91 Å². The second-order valence-electron chi connectivity index (χ2n) is 6.14. The Labute approximate surface area is 158 Å². The normalized spacial score (nSPS) is 15.2. The van der Waals surface area contributed by atoms with Crippen LogP contribution in [0.5, 0.6) is 0 Å². The van der Waals surface area contributed by atoms with Crippen molar-refractivity contribution in [2.75, 3.05) is 37.6 Å². The van der Waals surface area contributed by atoms with Crippen molar-refractivity contribution in [1.29, 1.82) is 0 Å². The van der Waals surface area contributed by atoms with Gasteiger partial charge in [0.15, 0.2) is 0 Å². The highest BCUT2D eigenvalue weighted by atomic mass is 35.5. The van der Waals surface area contributed by atoms with Crippen LogP contribution in [0.4, 0.5) is 5.69 Å². The number of benzene rings is 2. The Morgan fingerprint density at radius 2 is 1.44 bits per heavy atom. The Morgan fingerprint density at radius 1 is 0.880 bits per heavy atom. The molecule has 0 saturated carbocycles. The minimum atomic E-state index is 0.0508. The summed E-state index contributed by atoms with van der Waals surface area (Å²) in [6.07, 6.45) is 0. The lowest BCUT2D eigenvalue weighted by molar-refractivity contribution is -0.122. The van der Waals surface area contributed by atoms with E-state index in [0.29, 0.717) is 18.1 Å². The van der Waals surface area contributed by atoms with Crippen LogP contribution >= 0.6 is 23.2 Å². The number of rotatable bonds is 5. The van der Waals surface area contributed by atoms with E-state index < -0.39 is 0 Å². The van der Waals surface area contributed by atoms with Gasteiger partial charge < -0.3 is 10.2 Å². The third-order valence-electron chi connectivity index (χ3n) is 4.33. The minimum Gasteiger partial charge on any atom is -0.369 e. The molecule has 0 atom stereocenters. The molecule has 1 saturated heterocycles. The molecule has 132 valence electrons. The third-order valence-corrected chi connectivity index (χ3v) is 4.84. The van der Waals surface area contributed by atoms with Crippen molar-refractivity contribution in [2.45, 2.75) is 6.54 Å². The lowest BCUT2D eigenvalue weighted by Gasteiger charge is -2.35. The summed E-state index contributed by atoms with van der Waals surface area (Å²) in [6.45, 7) is 4.52. The number of amides is 1. The van der Waals surface area contributed by atoms with Gasteiger partial charge in [-0.25, -0.2) is 0 Å². The topological polar surface area (TPSA) is 35.6 Å². The van der Waals surface area contributed by atoms with Gasteiger partial charge in [0.25, 0.3) is 0 Å². The molecule has 0 spiro atoms. The standard InChI is InChI=1S/C19H21Cl2N3O/c20-16-3-1-15(2-4-16)13-22-19(25)14-23-9-11-24(12-10-23)18-7-5-17(21)6-8-18/h1-8H,9-14H2,(H,22,25). The molecular weight excluding hydrogens is 357 g/mol. The number of nitrogens with zero attached hydrogens (tertiary/aromatic N) is 2. The van der Waals surface area contributed by atoms with Crippen LogP contribution < -0.4 is 10.2 Å². The van der Waals surface area contributed by atoms with E-state index in [1.54, 1.807) is 0 Å². The number of carbonyl (C=O) groups excluding carboxylic acids is 1. The lowest BCUT2D eigenvalue weighted by atomic mass is 10.2. The largest absolute Gasteiger partial charge is 0.369 e. The maximum atomic E-state index is 12.1. The highest BCUT2D eigenvalue weighted by Gasteiger charge is 2.19. The molecule has 0 radical (unpaired) electrons. The molecular formula is C19H21Cl2N3O. The molecule has 0 aliphatic carbocycles.